The quantitative estimate of drug-likeness (QED) is 0.881. The van der Waals surface area contributed by atoms with Gasteiger partial charge in [0, 0.05) is 11.4 Å². The fourth-order valence-electron chi connectivity index (χ4n) is 3.43. The van der Waals surface area contributed by atoms with Gasteiger partial charge in [-0.3, -0.25) is 4.68 Å². The maximum atomic E-state index is 11.9. The number of nitrogens with zero attached hydrogens (tertiary/aromatic N) is 2. The molecule has 0 atom stereocenters. The third-order valence-corrected chi connectivity index (χ3v) is 4.62. The van der Waals surface area contributed by atoms with Gasteiger partial charge in [-0.05, 0) is 64.2 Å². The fourth-order valence-corrected chi connectivity index (χ4v) is 3.43. The molecule has 0 spiro atoms. The number of alkyl carbamates (subject to hydrolysis) is 1. The highest BCUT2D eigenvalue weighted by atomic mass is 16.6. The van der Waals surface area contributed by atoms with Gasteiger partial charge in [-0.1, -0.05) is 18.7 Å². The van der Waals surface area contributed by atoms with Gasteiger partial charge >= 0.3 is 6.09 Å². The molecule has 5 heteroatoms. The highest BCUT2D eigenvalue weighted by molar-refractivity contribution is 5.81. The van der Waals surface area contributed by atoms with Crippen molar-refractivity contribution in [3.05, 3.63) is 36.5 Å². The Bertz CT molecular complexity index is 765. The summed E-state index contributed by atoms with van der Waals surface area (Å²) < 4.78 is 7.47. The smallest absolute Gasteiger partial charge is 0.407 e. The van der Waals surface area contributed by atoms with Crippen molar-refractivity contribution >= 4 is 23.1 Å². The number of amides is 1. The summed E-state index contributed by atoms with van der Waals surface area (Å²) in [5.74, 6) is 0. The lowest BCUT2D eigenvalue weighted by Crippen LogP contribution is -2.41. The van der Waals surface area contributed by atoms with Crippen LogP contribution in [-0.2, 0) is 4.74 Å². The lowest BCUT2D eigenvalue weighted by atomic mass is 9.91. The topological polar surface area (TPSA) is 56.2 Å². The molecule has 5 nitrogen and oxygen atoms in total. The zero-order valence-electron chi connectivity index (χ0n) is 15.3. The molecule has 1 N–H and O–H groups in total. The van der Waals surface area contributed by atoms with Crippen molar-refractivity contribution in [2.45, 2.75) is 64.1 Å². The zero-order chi connectivity index (χ0) is 18.0. The van der Waals surface area contributed by atoms with Gasteiger partial charge in [-0.25, -0.2) is 4.79 Å². The number of fused-ring (bicyclic) bond motifs is 1. The number of hydrogen-bond donors (Lipinski definition) is 1. The first-order valence-electron chi connectivity index (χ1n) is 8.95. The number of nitrogens with one attached hydrogen (secondary N) is 1. The van der Waals surface area contributed by atoms with E-state index in [1.807, 2.05) is 33.0 Å². The SMILES string of the molecule is C=Cc1ccc2c(cnn2C2CCC(NC(=O)OC(C)(C)C)CC2)c1. The molecule has 0 radical (unpaired) electrons. The van der Waals surface area contributed by atoms with E-state index in [0.717, 1.165) is 42.1 Å². The van der Waals surface area contributed by atoms with Crippen LogP contribution < -0.4 is 5.32 Å². The number of benzene rings is 1. The van der Waals surface area contributed by atoms with Gasteiger partial charge in [-0.15, -0.1) is 0 Å². The summed E-state index contributed by atoms with van der Waals surface area (Å²) in [6.45, 7) is 9.45. The number of aromatic nitrogens is 2. The summed E-state index contributed by atoms with van der Waals surface area (Å²) in [5, 5.41) is 8.74. The Kier molecular flexibility index (Phi) is 4.84. The average molecular weight is 341 g/mol. The highest BCUT2D eigenvalue weighted by Gasteiger charge is 2.26. The van der Waals surface area contributed by atoms with Crippen molar-refractivity contribution in [3.8, 4) is 0 Å². The van der Waals surface area contributed by atoms with Crippen LogP contribution in [0.25, 0.3) is 17.0 Å². The van der Waals surface area contributed by atoms with Crippen LogP contribution in [0.2, 0.25) is 0 Å². The third-order valence-electron chi connectivity index (χ3n) is 4.62. The molecule has 0 bridgehead atoms. The summed E-state index contributed by atoms with van der Waals surface area (Å²) in [4.78, 5) is 11.9. The average Bonchev–Trinajstić information content (AvgIpc) is 2.96. The van der Waals surface area contributed by atoms with Crippen molar-refractivity contribution in [2.75, 3.05) is 0 Å². The molecule has 2 aromatic rings. The van der Waals surface area contributed by atoms with Gasteiger partial charge in [-0.2, -0.15) is 5.10 Å². The van der Waals surface area contributed by atoms with Crippen LogP contribution >= 0.6 is 0 Å². The van der Waals surface area contributed by atoms with Crippen LogP contribution in [0.3, 0.4) is 0 Å². The molecule has 25 heavy (non-hydrogen) atoms. The lowest BCUT2D eigenvalue weighted by Gasteiger charge is -2.30. The minimum absolute atomic E-state index is 0.181. The Morgan fingerprint density at radius 3 is 2.68 bits per heavy atom. The van der Waals surface area contributed by atoms with Gasteiger partial charge in [0.2, 0.25) is 0 Å². The van der Waals surface area contributed by atoms with E-state index in [1.54, 1.807) is 0 Å². The molecule has 1 fully saturated rings. The Morgan fingerprint density at radius 2 is 2.04 bits per heavy atom. The van der Waals surface area contributed by atoms with Gasteiger partial charge < -0.3 is 10.1 Å². The molecular formula is C20H27N3O2. The van der Waals surface area contributed by atoms with E-state index in [0.29, 0.717) is 6.04 Å². The number of carbonyl (C=O) groups is 1. The summed E-state index contributed by atoms with van der Waals surface area (Å²) in [5.41, 5.74) is 1.81. The van der Waals surface area contributed by atoms with Crippen LogP contribution in [-0.4, -0.2) is 27.5 Å². The first-order valence-corrected chi connectivity index (χ1v) is 8.95. The molecule has 1 saturated carbocycles. The van der Waals surface area contributed by atoms with Crippen LogP contribution in [0.5, 0.6) is 0 Å². The predicted octanol–water partition coefficient (Wildman–Crippen LogP) is 4.69. The van der Waals surface area contributed by atoms with Gasteiger partial charge in [0.25, 0.3) is 0 Å². The minimum atomic E-state index is -0.459. The minimum Gasteiger partial charge on any atom is -0.444 e. The molecule has 0 unspecified atom stereocenters. The molecule has 3 rings (SSSR count). The number of carbonyl (C=O) groups excluding carboxylic acids is 1. The van der Waals surface area contributed by atoms with Crippen molar-refractivity contribution in [2.24, 2.45) is 0 Å². The maximum Gasteiger partial charge on any atom is 0.407 e. The molecular weight excluding hydrogens is 314 g/mol. The summed E-state index contributed by atoms with van der Waals surface area (Å²) in [6, 6.07) is 6.86. The third kappa shape index (κ3) is 4.21. The van der Waals surface area contributed by atoms with E-state index in [2.05, 4.69) is 39.9 Å². The molecule has 1 aliphatic carbocycles. The summed E-state index contributed by atoms with van der Waals surface area (Å²) in [6.07, 6.45) is 7.34. The first-order chi connectivity index (χ1) is 11.9. The molecule has 1 amide bonds. The lowest BCUT2D eigenvalue weighted by molar-refractivity contribution is 0.0487. The largest absolute Gasteiger partial charge is 0.444 e. The fraction of sp³-hybridized carbons (Fsp3) is 0.500. The molecule has 0 aliphatic heterocycles. The van der Waals surface area contributed by atoms with Crippen molar-refractivity contribution in [3.63, 3.8) is 0 Å². The van der Waals surface area contributed by atoms with E-state index in [-0.39, 0.29) is 12.1 Å². The van der Waals surface area contributed by atoms with Crippen LogP contribution in [0.1, 0.15) is 58.1 Å². The maximum absolute atomic E-state index is 11.9. The second kappa shape index (κ2) is 6.90. The van der Waals surface area contributed by atoms with E-state index in [1.165, 1.54) is 0 Å². The van der Waals surface area contributed by atoms with Gasteiger partial charge in [0.1, 0.15) is 5.60 Å². The number of hydrogen-bond acceptors (Lipinski definition) is 3. The number of rotatable bonds is 3. The highest BCUT2D eigenvalue weighted by Crippen LogP contribution is 2.31. The van der Waals surface area contributed by atoms with E-state index >= 15 is 0 Å². The molecule has 1 aliphatic rings. The molecule has 0 saturated heterocycles. The van der Waals surface area contributed by atoms with Crippen LogP contribution in [0.15, 0.2) is 31.0 Å². The Hall–Kier alpha value is -2.30. The molecule has 1 aromatic heterocycles. The predicted molar refractivity (Wildman–Crippen MR) is 100 cm³/mol. The standard InChI is InChI=1S/C20H27N3O2/c1-5-14-6-11-18-15(12-14)13-21-23(18)17-9-7-16(8-10-17)22-19(24)25-20(2,3)4/h5-6,11-13,16-17H,1,7-10H2,2-4H3,(H,22,24). The normalized spacial score (nSPS) is 21.1. The van der Waals surface area contributed by atoms with Gasteiger partial charge in [0.05, 0.1) is 17.8 Å². The van der Waals surface area contributed by atoms with E-state index in [9.17, 15) is 4.79 Å². The van der Waals surface area contributed by atoms with Crippen molar-refractivity contribution < 1.29 is 9.53 Å². The van der Waals surface area contributed by atoms with Crippen LogP contribution in [0, 0.1) is 0 Å². The Balaban J connectivity index is 1.61. The van der Waals surface area contributed by atoms with Gasteiger partial charge in [0.15, 0.2) is 0 Å². The van der Waals surface area contributed by atoms with Crippen molar-refractivity contribution in [1.82, 2.24) is 15.1 Å². The summed E-state index contributed by atoms with van der Waals surface area (Å²) >= 11 is 0. The van der Waals surface area contributed by atoms with E-state index in [4.69, 9.17) is 4.74 Å². The monoisotopic (exact) mass is 341 g/mol. The second-order valence-electron chi connectivity index (χ2n) is 7.76. The van der Waals surface area contributed by atoms with E-state index < -0.39 is 5.60 Å². The first kappa shape index (κ1) is 17.5. The zero-order valence-corrected chi connectivity index (χ0v) is 15.3. The molecule has 1 heterocycles. The summed E-state index contributed by atoms with van der Waals surface area (Å²) in [7, 11) is 0. The molecule has 1 aromatic carbocycles. The Labute approximate surface area is 149 Å². The van der Waals surface area contributed by atoms with Crippen molar-refractivity contribution in [1.29, 1.82) is 0 Å². The second-order valence-corrected chi connectivity index (χ2v) is 7.76. The van der Waals surface area contributed by atoms with Crippen LogP contribution in [0.4, 0.5) is 4.79 Å². The molecule has 134 valence electrons. The Morgan fingerprint density at radius 1 is 1.32 bits per heavy atom. The number of ether oxygens (including phenoxy) is 1.